The molecule has 20 heavy (non-hydrogen) atoms. The van der Waals surface area contributed by atoms with Crippen molar-refractivity contribution in [3.8, 4) is 0 Å². The van der Waals surface area contributed by atoms with Crippen LogP contribution in [0.15, 0.2) is 18.2 Å². The Morgan fingerprint density at radius 1 is 1.35 bits per heavy atom. The van der Waals surface area contributed by atoms with Crippen molar-refractivity contribution in [2.24, 2.45) is 5.41 Å². The van der Waals surface area contributed by atoms with Crippen molar-refractivity contribution in [2.75, 3.05) is 24.1 Å². The van der Waals surface area contributed by atoms with Crippen LogP contribution in [0.3, 0.4) is 0 Å². The highest BCUT2D eigenvalue weighted by atomic mass is 32.1. The van der Waals surface area contributed by atoms with Crippen molar-refractivity contribution < 1.29 is 4.79 Å². The average Bonchev–Trinajstić information content (AvgIpc) is 2.74. The van der Waals surface area contributed by atoms with Crippen LogP contribution in [0.25, 0.3) is 10.2 Å². The highest BCUT2D eigenvalue weighted by Gasteiger charge is 2.20. The van der Waals surface area contributed by atoms with Gasteiger partial charge in [-0.2, -0.15) is 0 Å². The first-order chi connectivity index (χ1) is 9.36. The monoisotopic (exact) mass is 292 g/mol. The molecule has 0 saturated carbocycles. The predicted octanol–water partition coefficient (Wildman–Crippen LogP) is 2.45. The standard InChI is InChI=1S/C14H20N4OS/c1-14(2,3)12(19)16-6-7-17-13-18-10-5-4-9(15)8-11(10)20-13/h4-5,8H,6-7,15H2,1-3H3,(H,16,19)(H,17,18). The fourth-order valence-electron chi connectivity index (χ4n) is 1.63. The number of hydrogen-bond donors (Lipinski definition) is 3. The van der Waals surface area contributed by atoms with E-state index >= 15 is 0 Å². The first kappa shape index (κ1) is 14.6. The van der Waals surface area contributed by atoms with E-state index in [1.54, 1.807) is 11.3 Å². The topological polar surface area (TPSA) is 80.0 Å². The van der Waals surface area contributed by atoms with Crippen LogP contribution in [-0.2, 0) is 4.79 Å². The minimum atomic E-state index is -0.354. The van der Waals surface area contributed by atoms with Crippen LogP contribution in [0.5, 0.6) is 0 Å². The van der Waals surface area contributed by atoms with Gasteiger partial charge < -0.3 is 16.4 Å². The Labute approximate surface area is 122 Å². The second-order valence-corrected chi connectivity index (χ2v) is 6.71. The van der Waals surface area contributed by atoms with Gasteiger partial charge in [-0.15, -0.1) is 0 Å². The van der Waals surface area contributed by atoms with E-state index in [0.29, 0.717) is 13.1 Å². The molecular weight excluding hydrogens is 272 g/mol. The number of nitrogens with one attached hydrogen (secondary N) is 2. The number of carbonyl (C=O) groups is 1. The van der Waals surface area contributed by atoms with Gasteiger partial charge >= 0.3 is 0 Å². The Hall–Kier alpha value is -1.82. The number of nitrogens with zero attached hydrogens (tertiary/aromatic N) is 1. The fraction of sp³-hybridized carbons (Fsp3) is 0.429. The van der Waals surface area contributed by atoms with Gasteiger partial charge in [0.15, 0.2) is 5.13 Å². The molecule has 4 N–H and O–H groups in total. The first-order valence-electron chi connectivity index (χ1n) is 6.54. The number of rotatable bonds is 4. The summed E-state index contributed by atoms with van der Waals surface area (Å²) in [6.07, 6.45) is 0. The molecule has 5 nitrogen and oxygen atoms in total. The molecule has 1 aromatic heterocycles. The summed E-state index contributed by atoms with van der Waals surface area (Å²) in [4.78, 5) is 16.1. The van der Waals surface area contributed by atoms with Crippen molar-refractivity contribution in [3.05, 3.63) is 18.2 Å². The summed E-state index contributed by atoms with van der Waals surface area (Å²) < 4.78 is 1.06. The molecule has 0 saturated heterocycles. The molecule has 1 heterocycles. The number of anilines is 2. The Morgan fingerprint density at radius 2 is 2.10 bits per heavy atom. The predicted molar refractivity (Wildman–Crippen MR) is 85.0 cm³/mol. The number of aromatic nitrogens is 1. The lowest BCUT2D eigenvalue weighted by Crippen LogP contribution is -2.37. The molecular formula is C14H20N4OS. The molecule has 1 aromatic carbocycles. The van der Waals surface area contributed by atoms with Gasteiger partial charge in [-0.05, 0) is 18.2 Å². The Balaban J connectivity index is 1.86. The minimum Gasteiger partial charge on any atom is -0.399 e. The van der Waals surface area contributed by atoms with Gasteiger partial charge in [0.1, 0.15) is 0 Å². The fourth-order valence-corrected chi connectivity index (χ4v) is 2.57. The van der Waals surface area contributed by atoms with Crippen molar-refractivity contribution >= 4 is 38.3 Å². The summed E-state index contributed by atoms with van der Waals surface area (Å²) in [6, 6.07) is 5.67. The zero-order chi connectivity index (χ0) is 14.8. The lowest BCUT2D eigenvalue weighted by molar-refractivity contribution is -0.128. The highest BCUT2D eigenvalue weighted by Crippen LogP contribution is 2.27. The molecule has 2 rings (SSSR count). The summed E-state index contributed by atoms with van der Waals surface area (Å²) in [5.74, 6) is 0.0522. The third kappa shape index (κ3) is 3.60. The third-order valence-electron chi connectivity index (χ3n) is 2.78. The maximum absolute atomic E-state index is 11.7. The van der Waals surface area contributed by atoms with Crippen LogP contribution in [-0.4, -0.2) is 24.0 Å². The van der Waals surface area contributed by atoms with E-state index in [9.17, 15) is 4.79 Å². The molecule has 1 amide bonds. The van der Waals surface area contributed by atoms with Crippen molar-refractivity contribution in [1.29, 1.82) is 0 Å². The second-order valence-electron chi connectivity index (χ2n) is 5.68. The number of carbonyl (C=O) groups excluding carboxylic acids is 1. The molecule has 0 fully saturated rings. The summed E-state index contributed by atoms with van der Waals surface area (Å²) in [5, 5.41) is 6.95. The number of thiazole rings is 1. The Bertz CT molecular complexity index is 615. The summed E-state index contributed by atoms with van der Waals surface area (Å²) in [7, 11) is 0. The van der Waals surface area contributed by atoms with Gasteiger partial charge in [0.05, 0.1) is 10.2 Å². The van der Waals surface area contributed by atoms with Crippen LogP contribution in [0.2, 0.25) is 0 Å². The lowest BCUT2D eigenvalue weighted by Gasteiger charge is -2.17. The number of amides is 1. The molecule has 6 heteroatoms. The van der Waals surface area contributed by atoms with Crippen LogP contribution in [0.1, 0.15) is 20.8 Å². The first-order valence-corrected chi connectivity index (χ1v) is 7.36. The molecule has 108 valence electrons. The molecule has 0 aliphatic heterocycles. The number of hydrogen-bond acceptors (Lipinski definition) is 5. The maximum atomic E-state index is 11.7. The van der Waals surface area contributed by atoms with E-state index in [1.807, 2.05) is 39.0 Å². The minimum absolute atomic E-state index is 0.0522. The van der Waals surface area contributed by atoms with E-state index in [1.165, 1.54) is 0 Å². The van der Waals surface area contributed by atoms with Crippen molar-refractivity contribution in [2.45, 2.75) is 20.8 Å². The summed E-state index contributed by atoms with van der Waals surface area (Å²) in [6.45, 7) is 6.92. The maximum Gasteiger partial charge on any atom is 0.225 e. The van der Waals surface area contributed by atoms with E-state index in [4.69, 9.17) is 5.73 Å². The van der Waals surface area contributed by atoms with Gasteiger partial charge in [-0.25, -0.2) is 4.98 Å². The third-order valence-corrected chi connectivity index (χ3v) is 3.76. The molecule has 0 aliphatic rings. The molecule has 2 aromatic rings. The number of fused-ring (bicyclic) bond motifs is 1. The van der Waals surface area contributed by atoms with Crippen LogP contribution < -0.4 is 16.4 Å². The second kappa shape index (κ2) is 5.66. The summed E-state index contributed by atoms with van der Waals surface area (Å²) in [5.41, 5.74) is 7.06. The van der Waals surface area contributed by atoms with E-state index in [-0.39, 0.29) is 11.3 Å². The molecule has 0 spiro atoms. The molecule has 0 radical (unpaired) electrons. The lowest BCUT2D eigenvalue weighted by atomic mass is 9.96. The Morgan fingerprint density at radius 3 is 2.80 bits per heavy atom. The highest BCUT2D eigenvalue weighted by molar-refractivity contribution is 7.22. The van der Waals surface area contributed by atoms with E-state index in [2.05, 4.69) is 15.6 Å². The van der Waals surface area contributed by atoms with Crippen LogP contribution in [0, 0.1) is 5.41 Å². The van der Waals surface area contributed by atoms with Gasteiger partial charge in [0.25, 0.3) is 0 Å². The largest absolute Gasteiger partial charge is 0.399 e. The number of nitrogen functional groups attached to an aromatic ring is 1. The number of nitrogens with two attached hydrogens (primary N) is 1. The molecule has 0 bridgehead atoms. The van der Waals surface area contributed by atoms with Gasteiger partial charge in [0, 0.05) is 24.2 Å². The smallest absolute Gasteiger partial charge is 0.225 e. The van der Waals surface area contributed by atoms with E-state index < -0.39 is 0 Å². The van der Waals surface area contributed by atoms with Gasteiger partial charge in [-0.3, -0.25) is 4.79 Å². The molecule has 0 atom stereocenters. The van der Waals surface area contributed by atoms with Gasteiger partial charge in [-0.1, -0.05) is 32.1 Å². The summed E-state index contributed by atoms with van der Waals surface area (Å²) >= 11 is 1.56. The molecule has 0 unspecified atom stereocenters. The average molecular weight is 292 g/mol. The normalized spacial score (nSPS) is 11.6. The number of benzene rings is 1. The zero-order valence-corrected chi connectivity index (χ0v) is 12.8. The Kier molecular flexibility index (Phi) is 4.13. The quantitative estimate of drug-likeness (QED) is 0.597. The van der Waals surface area contributed by atoms with E-state index in [0.717, 1.165) is 21.0 Å². The SMILES string of the molecule is CC(C)(C)C(=O)NCCNc1nc2ccc(N)cc2s1. The van der Waals surface area contributed by atoms with Crippen molar-refractivity contribution in [1.82, 2.24) is 10.3 Å². The van der Waals surface area contributed by atoms with Crippen LogP contribution in [0.4, 0.5) is 10.8 Å². The zero-order valence-electron chi connectivity index (χ0n) is 12.0. The van der Waals surface area contributed by atoms with Crippen LogP contribution >= 0.6 is 11.3 Å². The van der Waals surface area contributed by atoms with Crippen molar-refractivity contribution in [3.63, 3.8) is 0 Å². The molecule has 0 aliphatic carbocycles. The van der Waals surface area contributed by atoms with Gasteiger partial charge in [0.2, 0.25) is 5.91 Å².